The maximum atomic E-state index is 11.8. The van der Waals surface area contributed by atoms with E-state index in [2.05, 4.69) is 0 Å². The molecule has 0 radical (unpaired) electrons. The zero-order valence-electron chi connectivity index (χ0n) is 10.2. The van der Waals surface area contributed by atoms with Gasteiger partial charge in [-0.05, 0) is 25.3 Å². The van der Waals surface area contributed by atoms with Gasteiger partial charge in [0.15, 0.2) is 0 Å². The molecule has 2 atom stereocenters. The fourth-order valence-electron chi connectivity index (χ4n) is 3.14. The molecule has 0 bridgehead atoms. The van der Waals surface area contributed by atoms with Crippen LogP contribution in [0.3, 0.4) is 0 Å². The average Bonchev–Trinajstić information content (AvgIpc) is 2.70. The molecular weight excluding hydrogens is 232 g/mol. The molecule has 2 rings (SSSR count). The first-order valence-corrected chi connectivity index (χ1v) is 5.97. The highest BCUT2D eigenvalue weighted by molar-refractivity contribution is 5.92. The maximum absolute atomic E-state index is 11.8. The van der Waals surface area contributed by atoms with Crippen molar-refractivity contribution >= 4 is 11.9 Å². The lowest BCUT2D eigenvalue weighted by atomic mass is 9.63. The van der Waals surface area contributed by atoms with Crippen molar-refractivity contribution in [1.82, 2.24) is 0 Å². The van der Waals surface area contributed by atoms with E-state index < -0.39 is 22.8 Å². The topological polar surface area (TPSA) is 74.6 Å². The van der Waals surface area contributed by atoms with Crippen LogP contribution in [-0.2, 0) is 15.0 Å². The molecule has 2 unspecified atom stereocenters. The molecule has 0 aromatic heterocycles. The van der Waals surface area contributed by atoms with Crippen molar-refractivity contribution in [2.45, 2.75) is 31.6 Å². The van der Waals surface area contributed by atoms with E-state index in [4.69, 9.17) is 0 Å². The van der Waals surface area contributed by atoms with E-state index in [0.29, 0.717) is 24.8 Å². The molecule has 0 heterocycles. The summed E-state index contributed by atoms with van der Waals surface area (Å²) in [5, 5.41) is 19.1. The number of rotatable bonds is 3. The van der Waals surface area contributed by atoms with Crippen LogP contribution in [0, 0.1) is 5.41 Å². The Morgan fingerprint density at radius 3 is 2.17 bits per heavy atom. The molecule has 1 aromatic carbocycles. The van der Waals surface area contributed by atoms with Gasteiger partial charge in [-0.3, -0.25) is 9.59 Å². The fraction of sp³-hybridized carbons (Fsp3) is 0.429. The van der Waals surface area contributed by atoms with Gasteiger partial charge in [0.2, 0.25) is 0 Å². The van der Waals surface area contributed by atoms with Gasteiger partial charge < -0.3 is 10.2 Å². The van der Waals surface area contributed by atoms with Crippen LogP contribution in [0.4, 0.5) is 0 Å². The van der Waals surface area contributed by atoms with E-state index in [0.717, 1.165) is 0 Å². The summed E-state index contributed by atoms with van der Waals surface area (Å²) < 4.78 is 0. The van der Waals surface area contributed by atoms with Crippen LogP contribution in [-0.4, -0.2) is 22.2 Å². The van der Waals surface area contributed by atoms with Crippen molar-refractivity contribution in [3.63, 3.8) is 0 Å². The summed E-state index contributed by atoms with van der Waals surface area (Å²) in [4.78, 5) is 23.3. The highest BCUT2D eigenvalue weighted by atomic mass is 16.4. The Kier molecular flexibility index (Phi) is 2.89. The van der Waals surface area contributed by atoms with Crippen molar-refractivity contribution < 1.29 is 19.8 Å². The van der Waals surface area contributed by atoms with Crippen molar-refractivity contribution in [3.8, 4) is 0 Å². The van der Waals surface area contributed by atoms with Crippen molar-refractivity contribution in [3.05, 3.63) is 35.9 Å². The van der Waals surface area contributed by atoms with Gasteiger partial charge >= 0.3 is 11.9 Å². The van der Waals surface area contributed by atoms with E-state index in [1.54, 1.807) is 37.3 Å². The highest BCUT2D eigenvalue weighted by Gasteiger charge is 2.62. The van der Waals surface area contributed by atoms with Gasteiger partial charge in [0.25, 0.3) is 0 Å². The van der Waals surface area contributed by atoms with E-state index in [-0.39, 0.29) is 0 Å². The van der Waals surface area contributed by atoms with Crippen LogP contribution in [0.15, 0.2) is 30.3 Å². The molecule has 0 spiro atoms. The van der Waals surface area contributed by atoms with Gasteiger partial charge in [-0.1, -0.05) is 36.8 Å². The summed E-state index contributed by atoms with van der Waals surface area (Å²) in [5.41, 5.74) is -1.99. The van der Waals surface area contributed by atoms with Crippen molar-refractivity contribution in [2.75, 3.05) is 0 Å². The number of carboxylic acids is 2. The van der Waals surface area contributed by atoms with Crippen LogP contribution < -0.4 is 0 Å². The summed E-state index contributed by atoms with van der Waals surface area (Å²) in [5.74, 6) is -2.08. The minimum absolute atomic E-state index is 0.370. The van der Waals surface area contributed by atoms with Gasteiger partial charge in [0.1, 0.15) is 5.41 Å². The summed E-state index contributed by atoms with van der Waals surface area (Å²) >= 11 is 0. The predicted octanol–water partition coefficient (Wildman–Crippen LogP) is 2.28. The van der Waals surface area contributed by atoms with Crippen LogP contribution in [0.1, 0.15) is 31.7 Å². The summed E-state index contributed by atoms with van der Waals surface area (Å²) in [6, 6.07) is 8.72. The summed E-state index contributed by atoms with van der Waals surface area (Å²) in [6.45, 7) is 1.55. The van der Waals surface area contributed by atoms with E-state index in [9.17, 15) is 19.8 Å². The quantitative estimate of drug-likeness (QED) is 0.860. The number of carbonyl (C=O) groups is 2. The molecule has 0 aliphatic heterocycles. The Bertz CT molecular complexity index is 482. The third-order valence-electron chi connectivity index (χ3n) is 4.27. The lowest BCUT2D eigenvalue weighted by molar-refractivity contribution is -0.162. The molecule has 18 heavy (non-hydrogen) atoms. The second-order valence-corrected chi connectivity index (χ2v) is 5.07. The summed E-state index contributed by atoms with van der Waals surface area (Å²) in [6.07, 6.45) is 1.38. The molecule has 0 amide bonds. The molecular formula is C14H16O4. The molecule has 1 aromatic rings. The normalized spacial score (nSPS) is 31.2. The highest BCUT2D eigenvalue weighted by Crippen LogP contribution is 2.54. The van der Waals surface area contributed by atoms with E-state index in [1.807, 2.05) is 0 Å². The molecule has 4 heteroatoms. The number of carboxylic acid groups (broad SMARTS) is 2. The van der Waals surface area contributed by atoms with Gasteiger partial charge in [-0.25, -0.2) is 0 Å². The lowest BCUT2D eigenvalue weighted by Gasteiger charge is -2.37. The monoisotopic (exact) mass is 248 g/mol. The molecule has 1 aliphatic carbocycles. The van der Waals surface area contributed by atoms with Gasteiger partial charge in [0, 0.05) is 0 Å². The van der Waals surface area contributed by atoms with E-state index >= 15 is 0 Å². The number of benzene rings is 1. The SMILES string of the molecule is CC1(C(=O)O)CCCC1(C(=O)O)c1ccccc1. The Morgan fingerprint density at radius 2 is 1.67 bits per heavy atom. The van der Waals surface area contributed by atoms with Gasteiger partial charge in [0.05, 0.1) is 5.41 Å². The smallest absolute Gasteiger partial charge is 0.315 e. The molecule has 0 saturated heterocycles. The van der Waals surface area contributed by atoms with Crippen LogP contribution in [0.2, 0.25) is 0 Å². The first kappa shape index (κ1) is 12.6. The minimum atomic E-state index is -1.32. The van der Waals surface area contributed by atoms with Crippen molar-refractivity contribution in [2.24, 2.45) is 5.41 Å². The molecule has 2 N–H and O–H groups in total. The third-order valence-corrected chi connectivity index (χ3v) is 4.27. The Balaban J connectivity index is 2.65. The molecule has 1 fully saturated rings. The Labute approximate surface area is 105 Å². The number of hydrogen-bond acceptors (Lipinski definition) is 2. The Hall–Kier alpha value is -1.84. The van der Waals surface area contributed by atoms with Crippen LogP contribution in [0.5, 0.6) is 0 Å². The predicted molar refractivity (Wildman–Crippen MR) is 65.3 cm³/mol. The average molecular weight is 248 g/mol. The number of aliphatic carboxylic acids is 2. The second-order valence-electron chi connectivity index (χ2n) is 5.07. The van der Waals surface area contributed by atoms with Gasteiger partial charge in [-0.2, -0.15) is 0 Å². The van der Waals surface area contributed by atoms with Crippen LogP contribution >= 0.6 is 0 Å². The molecule has 96 valence electrons. The third kappa shape index (κ3) is 1.45. The minimum Gasteiger partial charge on any atom is -0.481 e. The molecule has 1 saturated carbocycles. The Morgan fingerprint density at radius 1 is 1.06 bits per heavy atom. The standard InChI is InChI=1S/C14H16O4/c1-13(11(15)16)8-5-9-14(13,12(17)18)10-6-3-2-4-7-10/h2-4,6-7H,5,8-9H2,1H3,(H,15,16)(H,17,18). The maximum Gasteiger partial charge on any atom is 0.315 e. The largest absolute Gasteiger partial charge is 0.481 e. The first-order chi connectivity index (χ1) is 8.45. The molecule has 1 aliphatic rings. The van der Waals surface area contributed by atoms with Gasteiger partial charge in [-0.15, -0.1) is 0 Å². The zero-order valence-corrected chi connectivity index (χ0v) is 10.2. The van der Waals surface area contributed by atoms with Crippen molar-refractivity contribution in [1.29, 1.82) is 0 Å². The summed E-state index contributed by atoms with van der Waals surface area (Å²) in [7, 11) is 0. The molecule has 4 nitrogen and oxygen atoms in total. The fourth-order valence-corrected chi connectivity index (χ4v) is 3.14. The second kappa shape index (κ2) is 4.12. The number of hydrogen-bond donors (Lipinski definition) is 2. The van der Waals surface area contributed by atoms with E-state index in [1.165, 1.54) is 0 Å². The zero-order chi connectivity index (χ0) is 13.4. The first-order valence-electron chi connectivity index (χ1n) is 5.97. The van der Waals surface area contributed by atoms with Crippen LogP contribution in [0.25, 0.3) is 0 Å². The lowest BCUT2D eigenvalue weighted by Crippen LogP contribution is -2.50.